The van der Waals surface area contributed by atoms with E-state index in [1.807, 2.05) is 36.6 Å². The Hall–Kier alpha value is -2.23. The molecule has 0 unspecified atom stereocenters. The Morgan fingerprint density at radius 1 is 1.11 bits per heavy atom. The molecule has 1 aromatic carbocycles. The zero-order chi connectivity index (χ0) is 18.6. The molecule has 0 fully saturated rings. The number of ether oxygens (including phenoxy) is 1. The highest BCUT2D eigenvalue weighted by Crippen LogP contribution is 2.29. The van der Waals surface area contributed by atoms with Crippen LogP contribution in [0.15, 0.2) is 44.7 Å². The summed E-state index contributed by atoms with van der Waals surface area (Å²) in [6.07, 6.45) is 0.564. The summed E-state index contributed by atoms with van der Waals surface area (Å²) in [6, 6.07) is 7.91. The summed E-state index contributed by atoms with van der Waals surface area (Å²) < 4.78 is 11.0. The fourth-order valence-corrected chi connectivity index (χ4v) is 4.62. The molecule has 138 valence electrons. The number of rotatable bonds is 7. The van der Waals surface area contributed by atoms with Crippen LogP contribution in [0.1, 0.15) is 22.3 Å². The van der Waals surface area contributed by atoms with Gasteiger partial charge < -0.3 is 9.15 Å². The topological polar surface area (TPSA) is 73.9 Å². The van der Waals surface area contributed by atoms with Gasteiger partial charge in [-0.15, -0.1) is 32.9 Å². The number of methoxy groups -OCH3 is 1. The van der Waals surface area contributed by atoms with Gasteiger partial charge in [0.1, 0.15) is 10.8 Å². The van der Waals surface area contributed by atoms with Crippen molar-refractivity contribution in [2.75, 3.05) is 7.11 Å². The minimum absolute atomic E-state index is 0.549. The van der Waals surface area contributed by atoms with Crippen molar-refractivity contribution >= 4 is 34.4 Å². The average molecular weight is 417 g/mol. The van der Waals surface area contributed by atoms with Gasteiger partial charge in [-0.2, -0.15) is 0 Å². The third-order valence-electron chi connectivity index (χ3n) is 3.66. The summed E-state index contributed by atoms with van der Waals surface area (Å²) in [7, 11) is 1.66. The minimum Gasteiger partial charge on any atom is -0.497 e. The molecule has 9 heteroatoms. The monoisotopic (exact) mass is 416 g/mol. The van der Waals surface area contributed by atoms with Crippen molar-refractivity contribution in [1.29, 1.82) is 0 Å². The summed E-state index contributed by atoms with van der Waals surface area (Å²) in [4.78, 5) is 9.11. The maximum atomic E-state index is 5.70. The van der Waals surface area contributed by atoms with E-state index < -0.39 is 0 Å². The number of hydrogen-bond acceptors (Lipinski definition) is 9. The van der Waals surface area contributed by atoms with Crippen LogP contribution in [0.5, 0.6) is 5.75 Å². The molecule has 3 aromatic heterocycles. The molecule has 0 amide bonds. The molecule has 0 atom stereocenters. The lowest BCUT2D eigenvalue weighted by atomic mass is 10.2. The first-order chi connectivity index (χ1) is 13.2. The fraction of sp³-hybridized carbons (Fsp3) is 0.222. The van der Waals surface area contributed by atoms with Crippen LogP contribution in [0, 0.1) is 6.92 Å². The third kappa shape index (κ3) is 4.55. The van der Waals surface area contributed by atoms with Crippen LogP contribution >= 0.6 is 34.4 Å². The Morgan fingerprint density at radius 3 is 2.81 bits per heavy atom. The molecule has 0 saturated carbocycles. The zero-order valence-corrected chi connectivity index (χ0v) is 17.2. The van der Waals surface area contributed by atoms with Crippen molar-refractivity contribution in [3.63, 3.8) is 0 Å². The zero-order valence-electron chi connectivity index (χ0n) is 14.7. The van der Waals surface area contributed by atoms with E-state index in [9.17, 15) is 0 Å². The van der Waals surface area contributed by atoms with Gasteiger partial charge in [0, 0.05) is 22.1 Å². The molecule has 0 bridgehead atoms. The predicted octanol–water partition coefficient (Wildman–Crippen LogP) is 4.85. The third-order valence-corrected chi connectivity index (χ3v) is 6.27. The summed E-state index contributed by atoms with van der Waals surface area (Å²) in [5, 5.41) is 14.8. The molecular weight excluding hydrogens is 400 g/mol. The van der Waals surface area contributed by atoms with Crippen LogP contribution in [0.25, 0.3) is 10.6 Å². The molecular formula is C18H16N4O2S3. The second kappa shape index (κ2) is 8.20. The van der Waals surface area contributed by atoms with Gasteiger partial charge >= 0.3 is 0 Å². The average Bonchev–Trinajstić information content (AvgIpc) is 3.42. The first-order valence-corrected chi connectivity index (χ1v) is 10.9. The Kier molecular flexibility index (Phi) is 5.51. The number of aromatic nitrogens is 4. The fourth-order valence-electron chi connectivity index (χ4n) is 2.41. The van der Waals surface area contributed by atoms with Crippen LogP contribution in [0.2, 0.25) is 0 Å². The largest absolute Gasteiger partial charge is 0.497 e. The van der Waals surface area contributed by atoms with Gasteiger partial charge in [0.25, 0.3) is 5.22 Å². The second-order valence-corrected chi connectivity index (χ2v) is 8.51. The van der Waals surface area contributed by atoms with E-state index in [0.717, 1.165) is 32.7 Å². The lowest BCUT2D eigenvalue weighted by Gasteiger charge is -2.01. The van der Waals surface area contributed by atoms with Gasteiger partial charge in [-0.3, -0.25) is 0 Å². The van der Waals surface area contributed by atoms with E-state index in [1.54, 1.807) is 29.8 Å². The molecule has 0 spiro atoms. The van der Waals surface area contributed by atoms with E-state index >= 15 is 0 Å². The summed E-state index contributed by atoms with van der Waals surface area (Å²) in [5.74, 6) is 2.09. The molecule has 0 radical (unpaired) electrons. The van der Waals surface area contributed by atoms with Gasteiger partial charge in [-0.05, 0) is 19.1 Å². The smallest absolute Gasteiger partial charge is 0.276 e. The number of hydrogen-bond donors (Lipinski definition) is 0. The Labute approximate surface area is 168 Å². The Bertz CT molecular complexity index is 1040. The van der Waals surface area contributed by atoms with Crippen molar-refractivity contribution in [3.05, 3.63) is 57.3 Å². The molecule has 0 saturated heterocycles. The number of nitrogens with zero attached hydrogens (tertiary/aromatic N) is 4. The van der Waals surface area contributed by atoms with E-state index in [2.05, 4.69) is 20.6 Å². The van der Waals surface area contributed by atoms with Crippen molar-refractivity contribution in [2.24, 2.45) is 0 Å². The van der Waals surface area contributed by atoms with Crippen molar-refractivity contribution in [1.82, 2.24) is 20.2 Å². The molecule has 27 heavy (non-hydrogen) atoms. The SMILES string of the molecule is COc1cccc(-c2nc(CSc3nnc(Cc4csc(C)n4)o3)cs2)c1. The molecule has 3 heterocycles. The minimum atomic E-state index is 0.549. The first kappa shape index (κ1) is 18.1. The van der Waals surface area contributed by atoms with E-state index in [0.29, 0.717) is 23.3 Å². The summed E-state index contributed by atoms with van der Waals surface area (Å²) >= 11 is 4.72. The molecule has 0 N–H and O–H groups in total. The van der Waals surface area contributed by atoms with Gasteiger partial charge in [-0.25, -0.2) is 9.97 Å². The summed E-state index contributed by atoms with van der Waals surface area (Å²) in [5.41, 5.74) is 2.99. The Morgan fingerprint density at radius 2 is 2.00 bits per heavy atom. The number of aryl methyl sites for hydroxylation is 1. The first-order valence-electron chi connectivity index (χ1n) is 8.14. The highest BCUT2D eigenvalue weighted by Gasteiger charge is 2.11. The van der Waals surface area contributed by atoms with Crippen molar-refractivity contribution < 1.29 is 9.15 Å². The predicted molar refractivity (Wildman–Crippen MR) is 108 cm³/mol. The van der Waals surface area contributed by atoms with Crippen LogP contribution in [0.4, 0.5) is 0 Å². The number of benzene rings is 1. The Balaban J connectivity index is 1.37. The van der Waals surface area contributed by atoms with Gasteiger partial charge in [0.15, 0.2) is 0 Å². The van der Waals surface area contributed by atoms with Gasteiger partial charge in [0.05, 0.1) is 29.9 Å². The molecule has 0 aliphatic carbocycles. The quantitative estimate of drug-likeness (QED) is 0.399. The molecule has 0 aliphatic rings. The normalized spacial score (nSPS) is 11.0. The molecule has 6 nitrogen and oxygen atoms in total. The maximum Gasteiger partial charge on any atom is 0.276 e. The van der Waals surface area contributed by atoms with E-state index in [1.165, 1.54) is 11.8 Å². The summed E-state index contributed by atoms with van der Waals surface area (Å²) in [6.45, 7) is 1.98. The molecule has 4 aromatic rings. The van der Waals surface area contributed by atoms with E-state index in [4.69, 9.17) is 14.1 Å². The molecule has 4 rings (SSSR count). The number of thioether (sulfide) groups is 1. The standard InChI is InChI=1S/C18H16N4O2S3/c1-11-19-13(8-25-11)7-16-21-22-18(24-16)27-10-14-9-26-17(20-14)12-4-3-5-15(6-12)23-2/h3-6,8-9H,7,10H2,1-2H3. The van der Waals surface area contributed by atoms with Gasteiger partial charge in [0.2, 0.25) is 5.89 Å². The number of thiazole rings is 2. The highest BCUT2D eigenvalue weighted by molar-refractivity contribution is 7.98. The lowest BCUT2D eigenvalue weighted by molar-refractivity contribution is 0.415. The second-order valence-electron chi connectivity index (χ2n) is 5.66. The maximum absolute atomic E-state index is 5.70. The highest BCUT2D eigenvalue weighted by atomic mass is 32.2. The lowest BCUT2D eigenvalue weighted by Crippen LogP contribution is -1.88. The van der Waals surface area contributed by atoms with Crippen LogP contribution in [-0.2, 0) is 12.2 Å². The van der Waals surface area contributed by atoms with Crippen LogP contribution in [0.3, 0.4) is 0 Å². The van der Waals surface area contributed by atoms with Crippen LogP contribution < -0.4 is 4.74 Å². The van der Waals surface area contributed by atoms with Gasteiger partial charge in [-0.1, -0.05) is 23.9 Å². The van der Waals surface area contributed by atoms with E-state index in [-0.39, 0.29) is 0 Å². The molecule has 0 aliphatic heterocycles. The van der Waals surface area contributed by atoms with Crippen LogP contribution in [-0.4, -0.2) is 27.3 Å². The van der Waals surface area contributed by atoms with Crippen molar-refractivity contribution in [3.8, 4) is 16.3 Å². The van der Waals surface area contributed by atoms with Crippen molar-refractivity contribution in [2.45, 2.75) is 24.3 Å².